The summed E-state index contributed by atoms with van der Waals surface area (Å²) in [6.45, 7) is 0. The SMILES string of the molecule is O=C1OC(=O)[C@H]2C3CC[C@H](C3)[C@@H]12. The average Bonchev–Trinajstić information content (AvgIpc) is 2.64. The van der Waals surface area contributed by atoms with E-state index in [9.17, 15) is 9.59 Å². The summed E-state index contributed by atoms with van der Waals surface area (Å²) >= 11 is 0. The molecular formula is C9H10O3. The first kappa shape index (κ1) is 6.63. The van der Waals surface area contributed by atoms with Crippen LogP contribution < -0.4 is 0 Å². The van der Waals surface area contributed by atoms with Gasteiger partial charge in [0.05, 0.1) is 11.8 Å². The first-order valence-corrected chi connectivity index (χ1v) is 4.53. The van der Waals surface area contributed by atoms with Gasteiger partial charge in [-0.05, 0) is 31.1 Å². The smallest absolute Gasteiger partial charge is 0.317 e. The predicted octanol–water partition coefficient (Wildman–Crippen LogP) is 0.732. The summed E-state index contributed by atoms with van der Waals surface area (Å²) in [4.78, 5) is 22.4. The van der Waals surface area contributed by atoms with E-state index in [1.54, 1.807) is 0 Å². The Balaban J connectivity index is 2.03. The van der Waals surface area contributed by atoms with Crippen molar-refractivity contribution in [1.82, 2.24) is 0 Å². The second-order valence-corrected chi connectivity index (χ2v) is 4.12. The zero-order valence-electron chi connectivity index (χ0n) is 6.66. The molecule has 4 atom stereocenters. The minimum absolute atomic E-state index is 0.0590. The van der Waals surface area contributed by atoms with Crippen LogP contribution in [0.5, 0.6) is 0 Å². The Hall–Kier alpha value is -0.860. The molecule has 3 rings (SSSR count). The number of ether oxygens (including phenoxy) is 1. The van der Waals surface area contributed by atoms with E-state index in [2.05, 4.69) is 4.74 Å². The van der Waals surface area contributed by atoms with E-state index in [0.717, 1.165) is 19.3 Å². The molecule has 3 heteroatoms. The van der Waals surface area contributed by atoms with Crippen LogP contribution in [0.2, 0.25) is 0 Å². The van der Waals surface area contributed by atoms with Gasteiger partial charge < -0.3 is 4.74 Å². The third-order valence-electron chi connectivity index (χ3n) is 3.66. The lowest BCUT2D eigenvalue weighted by Crippen LogP contribution is -2.24. The van der Waals surface area contributed by atoms with Gasteiger partial charge in [-0.15, -0.1) is 0 Å². The number of rotatable bonds is 0. The van der Waals surface area contributed by atoms with Crippen molar-refractivity contribution in [2.24, 2.45) is 23.7 Å². The average molecular weight is 166 g/mol. The van der Waals surface area contributed by atoms with Gasteiger partial charge in [-0.2, -0.15) is 0 Å². The Labute approximate surface area is 70.1 Å². The van der Waals surface area contributed by atoms with E-state index < -0.39 is 0 Å². The molecule has 2 bridgehead atoms. The molecule has 0 aromatic heterocycles. The van der Waals surface area contributed by atoms with Crippen LogP contribution in [0.3, 0.4) is 0 Å². The zero-order chi connectivity index (χ0) is 8.29. The fourth-order valence-electron chi connectivity index (χ4n) is 3.20. The van der Waals surface area contributed by atoms with Crippen molar-refractivity contribution in [3.63, 3.8) is 0 Å². The van der Waals surface area contributed by atoms with Gasteiger partial charge >= 0.3 is 11.9 Å². The molecule has 3 fully saturated rings. The summed E-state index contributed by atoms with van der Waals surface area (Å²) in [5.41, 5.74) is 0. The molecule has 12 heavy (non-hydrogen) atoms. The predicted molar refractivity (Wildman–Crippen MR) is 38.9 cm³/mol. The van der Waals surface area contributed by atoms with Crippen LogP contribution in [0.1, 0.15) is 19.3 Å². The van der Waals surface area contributed by atoms with Crippen LogP contribution in [0.15, 0.2) is 0 Å². The molecule has 1 aliphatic heterocycles. The molecule has 64 valence electrons. The molecule has 0 spiro atoms. The maximum Gasteiger partial charge on any atom is 0.317 e. The van der Waals surface area contributed by atoms with Gasteiger partial charge in [-0.3, -0.25) is 9.59 Å². The van der Waals surface area contributed by atoms with E-state index in [4.69, 9.17) is 0 Å². The molecule has 1 saturated heterocycles. The molecular weight excluding hydrogens is 156 g/mol. The number of carbonyl (C=O) groups excluding carboxylic acids is 2. The highest BCUT2D eigenvalue weighted by molar-refractivity contribution is 5.97. The summed E-state index contributed by atoms with van der Waals surface area (Å²) < 4.78 is 4.63. The van der Waals surface area contributed by atoms with Crippen LogP contribution in [0, 0.1) is 23.7 Å². The Bertz CT molecular complexity index is 245. The van der Waals surface area contributed by atoms with Crippen molar-refractivity contribution in [3.05, 3.63) is 0 Å². The summed E-state index contributed by atoms with van der Waals surface area (Å²) in [7, 11) is 0. The van der Waals surface area contributed by atoms with E-state index in [1.165, 1.54) is 0 Å². The van der Waals surface area contributed by atoms with E-state index in [-0.39, 0.29) is 23.8 Å². The van der Waals surface area contributed by atoms with Gasteiger partial charge in [0.1, 0.15) is 0 Å². The quantitative estimate of drug-likeness (QED) is 0.393. The highest BCUT2D eigenvalue weighted by Crippen LogP contribution is 2.55. The van der Waals surface area contributed by atoms with Gasteiger partial charge in [0, 0.05) is 0 Å². The van der Waals surface area contributed by atoms with Crippen LogP contribution >= 0.6 is 0 Å². The summed E-state index contributed by atoms with van der Waals surface area (Å²) in [5.74, 6) is 0.291. The molecule has 2 aliphatic carbocycles. The molecule has 0 N–H and O–H groups in total. The second kappa shape index (κ2) is 1.90. The van der Waals surface area contributed by atoms with Gasteiger partial charge in [-0.1, -0.05) is 0 Å². The summed E-state index contributed by atoms with van der Waals surface area (Å²) in [6.07, 6.45) is 3.32. The highest BCUT2D eigenvalue weighted by Gasteiger charge is 2.59. The van der Waals surface area contributed by atoms with Crippen molar-refractivity contribution in [2.75, 3.05) is 0 Å². The van der Waals surface area contributed by atoms with Crippen molar-refractivity contribution in [3.8, 4) is 0 Å². The molecule has 3 nitrogen and oxygen atoms in total. The lowest BCUT2D eigenvalue weighted by molar-refractivity contribution is -0.154. The van der Waals surface area contributed by atoms with Gasteiger partial charge in [0.2, 0.25) is 0 Å². The van der Waals surface area contributed by atoms with Crippen molar-refractivity contribution in [2.45, 2.75) is 19.3 Å². The zero-order valence-corrected chi connectivity index (χ0v) is 6.66. The second-order valence-electron chi connectivity index (χ2n) is 4.12. The third kappa shape index (κ3) is 0.586. The van der Waals surface area contributed by atoms with Crippen molar-refractivity contribution >= 4 is 11.9 Å². The number of carbonyl (C=O) groups is 2. The molecule has 0 amide bonds. The first-order valence-electron chi connectivity index (χ1n) is 4.53. The van der Waals surface area contributed by atoms with Gasteiger partial charge in [0.25, 0.3) is 0 Å². The fourth-order valence-corrected chi connectivity index (χ4v) is 3.20. The molecule has 1 unspecified atom stereocenters. The monoisotopic (exact) mass is 166 g/mol. The Kier molecular flexibility index (Phi) is 1.05. The van der Waals surface area contributed by atoms with Crippen LogP contribution in [-0.2, 0) is 14.3 Å². The van der Waals surface area contributed by atoms with Crippen LogP contribution in [0.4, 0.5) is 0 Å². The number of fused-ring (bicyclic) bond motifs is 5. The maximum atomic E-state index is 11.2. The number of hydrogen-bond donors (Lipinski definition) is 0. The Morgan fingerprint density at radius 2 is 1.50 bits per heavy atom. The van der Waals surface area contributed by atoms with E-state index in [1.807, 2.05) is 0 Å². The maximum absolute atomic E-state index is 11.2. The highest BCUT2D eigenvalue weighted by atomic mass is 16.6. The Morgan fingerprint density at radius 3 is 2.00 bits per heavy atom. The standard InChI is InChI=1S/C9H10O3/c10-8-6-4-1-2-5(3-4)7(6)9(11)12-8/h4-7H,1-3H2/t4-,5?,6-,7+/m1/s1. The molecule has 3 aliphatic rings. The molecule has 0 radical (unpaired) electrons. The summed E-state index contributed by atoms with van der Waals surface area (Å²) in [6, 6.07) is 0. The third-order valence-corrected chi connectivity index (χ3v) is 3.66. The van der Waals surface area contributed by atoms with Crippen molar-refractivity contribution < 1.29 is 14.3 Å². The molecule has 1 heterocycles. The topological polar surface area (TPSA) is 43.4 Å². The molecule has 0 aromatic carbocycles. The lowest BCUT2D eigenvalue weighted by Gasteiger charge is -2.17. The van der Waals surface area contributed by atoms with E-state index in [0.29, 0.717) is 11.8 Å². The summed E-state index contributed by atoms with van der Waals surface area (Å²) in [5, 5.41) is 0. The Morgan fingerprint density at radius 1 is 1.00 bits per heavy atom. The van der Waals surface area contributed by atoms with Crippen molar-refractivity contribution in [1.29, 1.82) is 0 Å². The minimum Gasteiger partial charge on any atom is -0.393 e. The van der Waals surface area contributed by atoms with Crippen LogP contribution in [-0.4, -0.2) is 11.9 Å². The van der Waals surface area contributed by atoms with Gasteiger partial charge in [-0.25, -0.2) is 0 Å². The minimum atomic E-state index is -0.253. The largest absolute Gasteiger partial charge is 0.393 e. The fraction of sp³-hybridized carbons (Fsp3) is 0.778. The normalized spacial score (nSPS) is 49.7. The number of cyclic esters (lactones) is 2. The molecule has 0 aromatic rings. The first-order chi connectivity index (χ1) is 5.77. The van der Waals surface area contributed by atoms with Crippen LogP contribution in [0.25, 0.3) is 0 Å². The number of esters is 2. The van der Waals surface area contributed by atoms with Gasteiger partial charge in [0.15, 0.2) is 0 Å². The lowest BCUT2D eigenvalue weighted by atomic mass is 9.81. The molecule has 2 saturated carbocycles. The number of hydrogen-bond acceptors (Lipinski definition) is 3. The van der Waals surface area contributed by atoms with E-state index >= 15 is 0 Å².